The molecule has 0 radical (unpaired) electrons. The number of aryl methyl sites for hydroxylation is 2. The first-order valence-electron chi connectivity index (χ1n) is 18.8. The molecule has 2 aromatic carbocycles. The quantitative estimate of drug-likeness (QED) is 0.224. The van der Waals surface area contributed by atoms with E-state index < -0.39 is 24.0 Å². The molecule has 6 rings (SSSR count). The van der Waals surface area contributed by atoms with Crippen LogP contribution in [0.4, 0.5) is 14.5 Å². The molecule has 3 aromatic rings. The van der Waals surface area contributed by atoms with Gasteiger partial charge in [0.2, 0.25) is 0 Å². The zero-order valence-corrected chi connectivity index (χ0v) is 31.6. The van der Waals surface area contributed by atoms with Gasteiger partial charge in [-0.3, -0.25) is 14.8 Å². The number of nitrogens with zero attached hydrogens (tertiary/aromatic N) is 4. The smallest absolute Gasteiger partial charge is 0.337 e. The number of piperidine rings is 2. The van der Waals surface area contributed by atoms with Crippen LogP contribution in [0.5, 0.6) is 0 Å². The van der Waals surface area contributed by atoms with Crippen LogP contribution < -0.4 is 4.90 Å². The molecule has 3 aliphatic heterocycles. The molecule has 1 N–H and O–H groups in total. The maximum absolute atomic E-state index is 15.4. The van der Waals surface area contributed by atoms with Gasteiger partial charge in [0.25, 0.3) is 0 Å². The Labute approximate surface area is 303 Å². The van der Waals surface area contributed by atoms with E-state index in [2.05, 4.69) is 41.8 Å². The Kier molecular flexibility index (Phi) is 10.9. The van der Waals surface area contributed by atoms with Gasteiger partial charge in [0.15, 0.2) is 12.4 Å². The van der Waals surface area contributed by atoms with Crippen LogP contribution in [0.25, 0.3) is 11.1 Å². The number of ether oxygens (including phenoxy) is 1. The first-order valence-corrected chi connectivity index (χ1v) is 18.8. The lowest BCUT2D eigenvalue weighted by molar-refractivity contribution is -0.160. The summed E-state index contributed by atoms with van der Waals surface area (Å²) in [5, 5.41) is 10.7. The lowest BCUT2D eigenvalue weighted by Crippen LogP contribution is -2.40. The van der Waals surface area contributed by atoms with Crippen molar-refractivity contribution in [2.45, 2.75) is 125 Å². The second kappa shape index (κ2) is 14.9. The second-order valence-electron chi connectivity index (χ2n) is 16.8. The Morgan fingerprint density at radius 1 is 1.02 bits per heavy atom. The highest BCUT2D eigenvalue weighted by Crippen LogP contribution is 2.46. The number of alkyl halides is 1. The zero-order valence-electron chi connectivity index (χ0n) is 31.6. The van der Waals surface area contributed by atoms with Crippen molar-refractivity contribution in [2.24, 2.45) is 5.41 Å². The fourth-order valence-electron chi connectivity index (χ4n) is 8.04. The average molecular weight is 703 g/mol. The largest absolute Gasteiger partial charge is 0.479 e. The number of rotatable bonds is 9. The molecular formula is C42H56F2N4O3. The molecule has 0 unspecified atom stereocenters. The summed E-state index contributed by atoms with van der Waals surface area (Å²) in [5.74, 6) is -1.26. The van der Waals surface area contributed by atoms with Crippen molar-refractivity contribution in [3.8, 4) is 11.1 Å². The van der Waals surface area contributed by atoms with Gasteiger partial charge in [-0.1, -0.05) is 38.1 Å². The maximum atomic E-state index is 15.4. The molecule has 51 heavy (non-hydrogen) atoms. The number of carbonyl (C=O) groups is 1. The van der Waals surface area contributed by atoms with Crippen molar-refractivity contribution in [1.82, 2.24) is 14.8 Å². The molecule has 2 atom stereocenters. The summed E-state index contributed by atoms with van der Waals surface area (Å²) in [6.07, 6.45) is 2.84. The highest BCUT2D eigenvalue weighted by atomic mass is 19.1. The van der Waals surface area contributed by atoms with E-state index in [1.165, 1.54) is 17.2 Å². The molecule has 0 aliphatic carbocycles. The lowest BCUT2D eigenvalue weighted by Gasteiger charge is -2.41. The minimum absolute atomic E-state index is 0.176. The standard InChI is InChI=1S/C42H56F2N4O3/c1-27-22-33(43)14-13-31(27)24-46-19-15-29-23-30(11-12-32(29)25-46)37-34(26-48-18-9-8-10-35(48)44)45-28(2)36(39(40(49)50)51-41(3,4)5)38(37)47-20-16-42(6,7)17-21-47/h11-14,22-23,35,39H,8-10,15-21,24-26H2,1-7H3,(H,49,50)/t35-,39+/m1/s1. The molecule has 3 aliphatic rings. The fourth-order valence-corrected chi connectivity index (χ4v) is 8.04. The molecule has 0 saturated carbocycles. The molecule has 0 amide bonds. The number of hydrogen-bond acceptors (Lipinski definition) is 6. The fraction of sp³-hybridized carbons (Fsp3) is 0.571. The SMILES string of the molecule is Cc1cc(F)ccc1CN1CCc2cc(-c3c(CN4CCCC[C@@H]4F)nc(C)c([C@H](OC(C)(C)C)C(=O)O)c3N3CCC(C)(C)CC3)ccc2C1. The third-order valence-electron chi connectivity index (χ3n) is 11.0. The number of anilines is 1. The van der Waals surface area contributed by atoms with Gasteiger partial charge in [0.05, 0.1) is 17.0 Å². The number of halogens is 2. The number of fused-ring (bicyclic) bond motifs is 1. The van der Waals surface area contributed by atoms with Gasteiger partial charge in [-0.2, -0.15) is 0 Å². The van der Waals surface area contributed by atoms with Gasteiger partial charge in [0.1, 0.15) is 5.82 Å². The summed E-state index contributed by atoms with van der Waals surface area (Å²) in [5.41, 5.74) is 8.76. The van der Waals surface area contributed by atoms with Crippen LogP contribution in [0, 0.1) is 25.1 Å². The molecule has 4 heterocycles. The number of likely N-dealkylation sites (tertiary alicyclic amines) is 1. The maximum Gasteiger partial charge on any atom is 0.337 e. The highest BCUT2D eigenvalue weighted by molar-refractivity contribution is 5.88. The molecule has 7 nitrogen and oxygen atoms in total. The number of benzene rings is 2. The van der Waals surface area contributed by atoms with Crippen molar-refractivity contribution < 1.29 is 23.4 Å². The van der Waals surface area contributed by atoms with Crippen LogP contribution in [-0.2, 0) is 35.6 Å². The van der Waals surface area contributed by atoms with E-state index >= 15 is 4.39 Å². The van der Waals surface area contributed by atoms with Gasteiger partial charge >= 0.3 is 5.97 Å². The summed E-state index contributed by atoms with van der Waals surface area (Å²) in [6.45, 7) is 19.0. The highest BCUT2D eigenvalue weighted by Gasteiger charge is 2.38. The molecule has 0 spiro atoms. The van der Waals surface area contributed by atoms with Gasteiger partial charge in [0, 0.05) is 62.6 Å². The van der Waals surface area contributed by atoms with Crippen molar-refractivity contribution in [3.05, 3.63) is 81.4 Å². The number of carboxylic acid groups (broad SMARTS) is 1. The summed E-state index contributed by atoms with van der Waals surface area (Å²) < 4.78 is 35.6. The molecule has 0 bridgehead atoms. The van der Waals surface area contributed by atoms with Crippen molar-refractivity contribution in [3.63, 3.8) is 0 Å². The van der Waals surface area contributed by atoms with Crippen molar-refractivity contribution in [1.29, 1.82) is 0 Å². The summed E-state index contributed by atoms with van der Waals surface area (Å²) >= 11 is 0. The Hall–Kier alpha value is -3.40. The molecule has 2 fully saturated rings. The van der Waals surface area contributed by atoms with Crippen LogP contribution in [0.3, 0.4) is 0 Å². The molecule has 276 valence electrons. The van der Waals surface area contributed by atoms with E-state index in [1.807, 2.05) is 45.6 Å². The van der Waals surface area contributed by atoms with Crippen molar-refractivity contribution >= 4 is 11.7 Å². The summed E-state index contributed by atoms with van der Waals surface area (Å²) in [6, 6.07) is 11.6. The monoisotopic (exact) mass is 702 g/mol. The number of carboxylic acids is 1. The summed E-state index contributed by atoms with van der Waals surface area (Å²) in [7, 11) is 0. The lowest BCUT2D eigenvalue weighted by atomic mass is 9.81. The van der Waals surface area contributed by atoms with E-state index in [-0.39, 0.29) is 11.2 Å². The topological polar surface area (TPSA) is 69.1 Å². The van der Waals surface area contributed by atoms with E-state index in [1.54, 1.807) is 6.07 Å². The molecule has 9 heteroatoms. The van der Waals surface area contributed by atoms with Crippen LogP contribution in [0.2, 0.25) is 0 Å². The van der Waals surface area contributed by atoms with Gasteiger partial charge < -0.3 is 14.7 Å². The van der Waals surface area contributed by atoms with Crippen LogP contribution >= 0.6 is 0 Å². The molecule has 1 aromatic heterocycles. The van der Waals surface area contributed by atoms with Crippen LogP contribution in [0.15, 0.2) is 36.4 Å². The molecular weight excluding hydrogens is 646 g/mol. The van der Waals surface area contributed by atoms with E-state index in [9.17, 15) is 14.3 Å². The van der Waals surface area contributed by atoms with E-state index in [4.69, 9.17) is 9.72 Å². The molecule has 2 saturated heterocycles. The van der Waals surface area contributed by atoms with Gasteiger partial charge in [-0.25, -0.2) is 13.6 Å². The third-order valence-corrected chi connectivity index (χ3v) is 11.0. The Morgan fingerprint density at radius 3 is 2.43 bits per heavy atom. The number of hydrogen-bond donors (Lipinski definition) is 1. The first kappa shape index (κ1) is 37.4. The number of aromatic nitrogens is 1. The van der Waals surface area contributed by atoms with Crippen LogP contribution in [0.1, 0.15) is 112 Å². The third kappa shape index (κ3) is 8.64. The predicted octanol–water partition coefficient (Wildman–Crippen LogP) is 8.91. The van der Waals surface area contributed by atoms with Gasteiger partial charge in [-0.05, 0) is 119 Å². The number of pyridine rings is 1. The number of aliphatic carboxylic acids is 1. The average Bonchev–Trinajstić information content (AvgIpc) is 3.05. The zero-order chi connectivity index (χ0) is 36.7. The van der Waals surface area contributed by atoms with Crippen LogP contribution in [-0.4, -0.2) is 63.9 Å². The Morgan fingerprint density at radius 2 is 1.76 bits per heavy atom. The Balaban J connectivity index is 1.48. The minimum atomic E-state index is -1.22. The van der Waals surface area contributed by atoms with Gasteiger partial charge in [-0.15, -0.1) is 0 Å². The first-order chi connectivity index (χ1) is 24.1. The predicted molar refractivity (Wildman–Crippen MR) is 199 cm³/mol. The Bertz CT molecular complexity index is 1740. The second-order valence-corrected chi connectivity index (χ2v) is 16.8. The van der Waals surface area contributed by atoms with E-state index in [0.29, 0.717) is 30.8 Å². The van der Waals surface area contributed by atoms with Crippen molar-refractivity contribution in [2.75, 3.05) is 31.1 Å². The van der Waals surface area contributed by atoms with E-state index in [0.717, 1.165) is 98.5 Å². The minimum Gasteiger partial charge on any atom is -0.479 e. The summed E-state index contributed by atoms with van der Waals surface area (Å²) in [4.78, 5) is 24.9. The normalized spacial score (nSPS) is 20.6.